The largest absolute Gasteiger partial charge is 0.371 e. The number of nitrogens with zero attached hydrogens (tertiary/aromatic N) is 1. The van der Waals surface area contributed by atoms with Crippen LogP contribution < -0.4 is 10.6 Å². The van der Waals surface area contributed by atoms with Gasteiger partial charge in [0.25, 0.3) is 5.91 Å². The number of rotatable bonds is 4. The number of amides is 1. The SMILES string of the molecule is Cl.O=C(Nc1ccc(C2CNCCO2)cc1)c1cc(-c2ccc(Cl)cc2)n[nH]1. The van der Waals surface area contributed by atoms with E-state index in [0.29, 0.717) is 23.0 Å². The molecule has 28 heavy (non-hydrogen) atoms. The molecule has 1 fully saturated rings. The maximum atomic E-state index is 12.5. The number of benzene rings is 2. The Kier molecular flexibility index (Phi) is 6.70. The fraction of sp³-hybridized carbons (Fsp3) is 0.200. The first-order valence-electron chi connectivity index (χ1n) is 8.74. The van der Waals surface area contributed by atoms with E-state index in [2.05, 4.69) is 20.8 Å². The molecule has 2 aromatic carbocycles. The van der Waals surface area contributed by atoms with Crippen LogP contribution in [0.2, 0.25) is 5.02 Å². The number of H-pyrrole nitrogens is 1. The van der Waals surface area contributed by atoms with Gasteiger partial charge in [0, 0.05) is 29.4 Å². The average Bonchev–Trinajstić information content (AvgIpc) is 3.20. The van der Waals surface area contributed by atoms with Gasteiger partial charge in [0.2, 0.25) is 0 Å². The van der Waals surface area contributed by atoms with Crippen LogP contribution in [0.1, 0.15) is 22.2 Å². The summed E-state index contributed by atoms with van der Waals surface area (Å²) in [5.74, 6) is -0.244. The third kappa shape index (κ3) is 4.72. The highest BCUT2D eigenvalue weighted by atomic mass is 35.5. The molecule has 1 amide bonds. The molecule has 146 valence electrons. The molecule has 2 heterocycles. The lowest BCUT2D eigenvalue weighted by Gasteiger charge is -2.24. The quantitative estimate of drug-likeness (QED) is 0.596. The molecule has 6 nitrogen and oxygen atoms in total. The lowest BCUT2D eigenvalue weighted by atomic mass is 10.1. The van der Waals surface area contributed by atoms with E-state index in [4.69, 9.17) is 16.3 Å². The van der Waals surface area contributed by atoms with Crippen molar-refractivity contribution in [1.82, 2.24) is 15.5 Å². The summed E-state index contributed by atoms with van der Waals surface area (Å²) >= 11 is 5.90. The summed E-state index contributed by atoms with van der Waals surface area (Å²) in [5, 5.41) is 13.8. The van der Waals surface area contributed by atoms with Crippen molar-refractivity contribution in [3.63, 3.8) is 0 Å². The van der Waals surface area contributed by atoms with Gasteiger partial charge in [-0.3, -0.25) is 9.89 Å². The van der Waals surface area contributed by atoms with Crippen LogP contribution in [0, 0.1) is 0 Å². The molecule has 1 aliphatic rings. The molecule has 0 saturated carbocycles. The molecule has 1 unspecified atom stereocenters. The summed E-state index contributed by atoms with van der Waals surface area (Å²) in [5.41, 5.74) is 3.78. The standard InChI is InChI=1S/C20H19ClN4O2.ClH/c21-15-5-1-13(2-6-15)17-11-18(25-24-17)20(26)23-16-7-3-14(4-8-16)19-12-22-9-10-27-19;/h1-8,11,19,22H,9-10,12H2,(H,23,26)(H,24,25);1H. The van der Waals surface area contributed by atoms with Crippen LogP contribution in [0.15, 0.2) is 54.6 Å². The smallest absolute Gasteiger partial charge is 0.273 e. The maximum Gasteiger partial charge on any atom is 0.273 e. The second-order valence-corrected chi connectivity index (χ2v) is 6.75. The van der Waals surface area contributed by atoms with E-state index in [1.165, 1.54) is 0 Å². The average molecular weight is 419 g/mol. The molecule has 0 aliphatic carbocycles. The van der Waals surface area contributed by atoms with E-state index in [9.17, 15) is 4.79 Å². The van der Waals surface area contributed by atoms with Gasteiger partial charge < -0.3 is 15.4 Å². The number of halogens is 2. The minimum atomic E-state index is -0.244. The van der Waals surface area contributed by atoms with Gasteiger partial charge in [-0.2, -0.15) is 5.10 Å². The first-order chi connectivity index (χ1) is 13.2. The van der Waals surface area contributed by atoms with Crippen molar-refractivity contribution in [3.05, 3.63) is 70.9 Å². The van der Waals surface area contributed by atoms with Gasteiger partial charge >= 0.3 is 0 Å². The van der Waals surface area contributed by atoms with Crippen LogP contribution in [0.4, 0.5) is 5.69 Å². The molecule has 3 aromatic rings. The van der Waals surface area contributed by atoms with Crippen molar-refractivity contribution in [3.8, 4) is 11.3 Å². The fourth-order valence-electron chi connectivity index (χ4n) is 2.97. The molecule has 0 bridgehead atoms. The van der Waals surface area contributed by atoms with Crippen molar-refractivity contribution in [2.45, 2.75) is 6.10 Å². The molecular formula is C20H20Cl2N4O2. The van der Waals surface area contributed by atoms with E-state index in [-0.39, 0.29) is 24.4 Å². The predicted octanol–water partition coefficient (Wildman–Crippen LogP) is 4.07. The molecule has 0 radical (unpaired) electrons. The van der Waals surface area contributed by atoms with Crippen LogP contribution in [0.3, 0.4) is 0 Å². The van der Waals surface area contributed by atoms with Crippen LogP contribution >= 0.6 is 24.0 Å². The number of carbonyl (C=O) groups is 1. The number of nitrogens with one attached hydrogen (secondary N) is 3. The van der Waals surface area contributed by atoms with E-state index in [1.54, 1.807) is 18.2 Å². The Morgan fingerprint density at radius 1 is 1.14 bits per heavy atom. The molecule has 0 spiro atoms. The first kappa shape index (κ1) is 20.4. The zero-order chi connectivity index (χ0) is 18.6. The Labute approximate surface area is 174 Å². The lowest BCUT2D eigenvalue weighted by Crippen LogP contribution is -2.33. The van der Waals surface area contributed by atoms with Gasteiger partial charge in [0.1, 0.15) is 5.69 Å². The van der Waals surface area contributed by atoms with E-state index in [1.807, 2.05) is 36.4 Å². The topological polar surface area (TPSA) is 79.0 Å². The van der Waals surface area contributed by atoms with Crippen molar-refractivity contribution in [2.75, 3.05) is 25.0 Å². The highest BCUT2D eigenvalue weighted by Gasteiger charge is 2.16. The second kappa shape index (κ2) is 9.21. The Morgan fingerprint density at radius 2 is 1.89 bits per heavy atom. The van der Waals surface area contributed by atoms with Gasteiger partial charge in [-0.1, -0.05) is 35.9 Å². The summed E-state index contributed by atoms with van der Waals surface area (Å²) in [7, 11) is 0. The number of ether oxygens (including phenoxy) is 1. The molecule has 1 aromatic heterocycles. The Hall–Kier alpha value is -2.38. The minimum absolute atomic E-state index is 0. The zero-order valence-corrected chi connectivity index (χ0v) is 16.5. The molecule has 3 N–H and O–H groups in total. The summed E-state index contributed by atoms with van der Waals surface area (Å²) in [6.45, 7) is 2.39. The maximum absolute atomic E-state index is 12.5. The Morgan fingerprint density at radius 3 is 2.57 bits per heavy atom. The molecule has 1 aliphatic heterocycles. The van der Waals surface area contributed by atoms with Crippen LogP contribution in [0.25, 0.3) is 11.3 Å². The van der Waals surface area contributed by atoms with Crippen LogP contribution in [-0.2, 0) is 4.74 Å². The summed E-state index contributed by atoms with van der Waals surface area (Å²) in [4.78, 5) is 12.5. The first-order valence-corrected chi connectivity index (χ1v) is 9.12. The third-order valence-corrected chi connectivity index (χ3v) is 4.68. The van der Waals surface area contributed by atoms with Gasteiger partial charge in [-0.05, 0) is 35.9 Å². The Balaban J connectivity index is 0.00000225. The van der Waals surface area contributed by atoms with Crippen molar-refractivity contribution in [2.24, 2.45) is 0 Å². The highest BCUT2D eigenvalue weighted by Crippen LogP contribution is 2.22. The predicted molar refractivity (Wildman–Crippen MR) is 112 cm³/mol. The summed E-state index contributed by atoms with van der Waals surface area (Å²) in [6, 6.07) is 16.7. The normalized spacial score (nSPS) is 16.2. The van der Waals surface area contributed by atoms with Crippen LogP contribution in [0.5, 0.6) is 0 Å². The van der Waals surface area contributed by atoms with Gasteiger partial charge in [0.15, 0.2) is 0 Å². The van der Waals surface area contributed by atoms with E-state index >= 15 is 0 Å². The van der Waals surface area contributed by atoms with E-state index < -0.39 is 0 Å². The number of aromatic nitrogens is 2. The number of morpholine rings is 1. The molecule has 1 atom stereocenters. The lowest BCUT2D eigenvalue weighted by molar-refractivity contribution is 0.0277. The highest BCUT2D eigenvalue weighted by molar-refractivity contribution is 6.30. The molecular weight excluding hydrogens is 399 g/mol. The number of carbonyl (C=O) groups excluding carboxylic acids is 1. The molecule has 4 rings (SSSR count). The third-order valence-electron chi connectivity index (χ3n) is 4.43. The molecule has 1 saturated heterocycles. The van der Waals surface area contributed by atoms with Crippen LogP contribution in [-0.4, -0.2) is 35.8 Å². The van der Waals surface area contributed by atoms with Crippen molar-refractivity contribution < 1.29 is 9.53 Å². The minimum Gasteiger partial charge on any atom is -0.371 e. The number of hydrogen-bond donors (Lipinski definition) is 3. The molecule has 8 heteroatoms. The monoisotopic (exact) mass is 418 g/mol. The van der Waals surface area contributed by atoms with E-state index in [0.717, 1.165) is 29.9 Å². The van der Waals surface area contributed by atoms with Crippen molar-refractivity contribution in [1.29, 1.82) is 0 Å². The summed E-state index contributed by atoms with van der Waals surface area (Å²) < 4.78 is 5.74. The number of hydrogen-bond acceptors (Lipinski definition) is 4. The number of aromatic amines is 1. The van der Waals surface area contributed by atoms with Gasteiger partial charge in [-0.25, -0.2) is 0 Å². The van der Waals surface area contributed by atoms with Gasteiger partial charge in [-0.15, -0.1) is 12.4 Å². The summed E-state index contributed by atoms with van der Waals surface area (Å²) in [6.07, 6.45) is 0.0537. The zero-order valence-electron chi connectivity index (χ0n) is 14.9. The second-order valence-electron chi connectivity index (χ2n) is 6.31. The Bertz CT molecular complexity index is 920. The fourth-order valence-corrected chi connectivity index (χ4v) is 3.09. The van der Waals surface area contributed by atoms with Gasteiger partial charge in [0.05, 0.1) is 18.4 Å². The number of anilines is 1. The van der Waals surface area contributed by atoms with Crippen molar-refractivity contribution >= 4 is 35.6 Å².